The van der Waals surface area contributed by atoms with Crippen LogP contribution in [0.15, 0.2) is 42.5 Å². The maximum Gasteiger partial charge on any atom is 0.408 e. The van der Waals surface area contributed by atoms with Gasteiger partial charge in [-0.25, -0.2) is 9.78 Å². The first-order valence-corrected chi connectivity index (χ1v) is 9.75. The number of alkyl carbamates (subject to hydrolysis) is 1. The lowest BCUT2D eigenvalue weighted by Gasteiger charge is -2.19. The fourth-order valence-corrected chi connectivity index (χ4v) is 1.96. The van der Waals surface area contributed by atoms with E-state index >= 15 is 0 Å². The zero-order valence-corrected chi connectivity index (χ0v) is 18.2. The standard InChI is InChI=1S/C18H24N6O3.C3H8/c1-18(2,3)27-17(26)20-11-15(25)21-14-10-9-13(16(19)22-14)24-23-12-7-5-4-6-8-12;1-3-2/h4-10,23-24H,11H2,1-3H3,(H,20,26)(H3,19,21,22,25);3H2,1-2H3. The first-order valence-electron chi connectivity index (χ1n) is 9.75. The lowest BCUT2D eigenvalue weighted by atomic mass is 10.2. The summed E-state index contributed by atoms with van der Waals surface area (Å²) in [5.74, 6) is 0.0287. The summed E-state index contributed by atoms with van der Waals surface area (Å²) in [6.45, 7) is 9.22. The molecule has 0 aliphatic rings. The molecule has 9 nitrogen and oxygen atoms in total. The predicted molar refractivity (Wildman–Crippen MR) is 121 cm³/mol. The molecule has 2 rings (SSSR count). The number of para-hydroxylation sites is 1. The smallest absolute Gasteiger partial charge is 0.408 e. The number of hydrogen-bond acceptors (Lipinski definition) is 7. The van der Waals surface area contributed by atoms with Gasteiger partial charge in [-0.3, -0.25) is 10.2 Å². The third kappa shape index (κ3) is 10.2. The second kappa shape index (κ2) is 12.2. The van der Waals surface area contributed by atoms with Gasteiger partial charge in [-0.15, -0.1) is 0 Å². The number of ether oxygens (including phenoxy) is 1. The van der Waals surface area contributed by atoms with Crippen LogP contribution in [0.25, 0.3) is 0 Å². The van der Waals surface area contributed by atoms with Crippen LogP contribution in [0.2, 0.25) is 0 Å². The van der Waals surface area contributed by atoms with Crippen molar-refractivity contribution < 1.29 is 14.3 Å². The molecular weight excluding hydrogens is 384 g/mol. The van der Waals surface area contributed by atoms with Gasteiger partial charge < -0.3 is 26.5 Å². The number of nitrogens with zero attached hydrogens (tertiary/aromatic N) is 1. The second-order valence-corrected chi connectivity index (χ2v) is 7.36. The van der Waals surface area contributed by atoms with Crippen LogP contribution < -0.4 is 27.2 Å². The molecule has 0 atom stereocenters. The minimum atomic E-state index is -0.670. The lowest BCUT2D eigenvalue weighted by molar-refractivity contribution is -0.115. The molecule has 2 amide bonds. The van der Waals surface area contributed by atoms with Crippen LogP contribution in [0.1, 0.15) is 41.0 Å². The molecule has 0 spiro atoms. The minimum Gasteiger partial charge on any atom is -0.444 e. The van der Waals surface area contributed by atoms with E-state index in [4.69, 9.17) is 10.5 Å². The van der Waals surface area contributed by atoms with Gasteiger partial charge >= 0.3 is 6.09 Å². The van der Waals surface area contributed by atoms with Crippen LogP contribution in [-0.2, 0) is 9.53 Å². The Morgan fingerprint density at radius 2 is 1.67 bits per heavy atom. The Labute approximate surface area is 177 Å². The number of hydrazine groups is 1. The molecule has 0 bridgehead atoms. The van der Waals surface area contributed by atoms with Gasteiger partial charge in [-0.1, -0.05) is 38.5 Å². The van der Waals surface area contributed by atoms with E-state index in [2.05, 4.69) is 40.3 Å². The van der Waals surface area contributed by atoms with Crippen LogP contribution >= 0.6 is 0 Å². The Morgan fingerprint density at radius 1 is 1.03 bits per heavy atom. The summed E-state index contributed by atoms with van der Waals surface area (Å²) < 4.78 is 5.06. The molecule has 1 aromatic heterocycles. The van der Waals surface area contributed by atoms with Crippen LogP contribution in [0, 0.1) is 0 Å². The number of nitrogens with one attached hydrogen (secondary N) is 4. The number of carbonyl (C=O) groups excluding carboxylic acids is 2. The van der Waals surface area contributed by atoms with Crippen molar-refractivity contribution in [2.24, 2.45) is 0 Å². The average molecular weight is 417 g/mol. The number of pyridine rings is 1. The van der Waals surface area contributed by atoms with Crippen LogP contribution in [0.3, 0.4) is 0 Å². The monoisotopic (exact) mass is 416 g/mol. The normalized spacial score (nSPS) is 10.2. The molecule has 0 saturated heterocycles. The number of nitrogen functional groups attached to an aromatic ring is 1. The number of benzene rings is 1. The van der Waals surface area contributed by atoms with E-state index in [-0.39, 0.29) is 18.2 Å². The number of aromatic nitrogens is 1. The summed E-state index contributed by atoms with van der Waals surface area (Å²) in [6.07, 6.45) is 0.580. The lowest BCUT2D eigenvalue weighted by Crippen LogP contribution is -2.37. The molecule has 0 fully saturated rings. The summed E-state index contributed by atoms with van der Waals surface area (Å²) in [5.41, 5.74) is 12.6. The van der Waals surface area contributed by atoms with Crippen molar-refractivity contribution in [2.45, 2.75) is 46.6 Å². The van der Waals surface area contributed by atoms with Gasteiger partial charge in [0.2, 0.25) is 5.91 Å². The van der Waals surface area contributed by atoms with Crippen LogP contribution in [-0.4, -0.2) is 29.1 Å². The molecule has 0 unspecified atom stereocenters. The first-order chi connectivity index (χ1) is 14.1. The molecular formula is C21H32N6O3. The topological polar surface area (TPSA) is 130 Å². The summed E-state index contributed by atoms with van der Waals surface area (Å²) in [7, 11) is 0. The van der Waals surface area contributed by atoms with Crippen molar-refractivity contribution in [3.05, 3.63) is 42.5 Å². The Balaban J connectivity index is 0.00000141. The summed E-state index contributed by atoms with van der Waals surface area (Å²) in [5, 5.41) is 4.92. The highest BCUT2D eigenvalue weighted by Crippen LogP contribution is 2.19. The Morgan fingerprint density at radius 3 is 2.23 bits per heavy atom. The summed E-state index contributed by atoms with van der Waals surface area (Å²) in [4.78, 5) is 27.5. The molecule has 1 heterocycles. The Kier molecular flexibility index (Phi) is 9.94. The van der Waals surface area contributed by atoms with E-state index in [1.807, 2.05) is 30.3 Å². The number of nitrogens with two attached hydrogens (primary N) is 1. The molecule has 0 saturated carbocycles. The van der Waals surface area contributed by atoms with Crippen molar-refractivity contribution in [3.63, 3.8) is 0 Å². The van der Waals surface area contributed by atoms with Crippen LogP contribution in [0.4, 0.5) is 27.8 Å². The zero-order valence-electron chi connectivity index (χ0n) is 18.2. The fourth-order valence-electron chi connectivity index (χ4n) is 1.96. The summed E-state index contributed by atoms with van der Waals surface area (Å²) in [6, 6.07) is 12.8. The van der Waals surface area contributed by atoms with Gasteiger partial charge in [-0.05, 0) is 45.0 Å². The van der Waals surface area contributed by atoms with E-state index < -0.39 is 17.6 Å². The van der Waals surface area contributed by atoms with Gasteiger partial charge in [0, 0.05) is 0 Å². The van der Waals surface area contributed by atoms with Gasteiger partial charge in [0.05, 0.1) is 11.4 Å². The van der Waals surface area contributed by atoms with Crippen molar-refractivity contribution >= 4 is 35.0 Å². The number of hydrogen-bond donors (Lipinski definition) is 5. The van der Waals surface area contributed by atoms with E-state index in [1.165, 1.54) is 6.42 Å². The van der Waals surface area contributed by atoms with Crippen LogP contribution in [0.5, 0.6) is 0 Å². The van der Waals surface area contributed by atoms with Crippen molar-refractivity contribution in [2.75, 3.05) is 28.4 Å². The molecule has 2 aromatic rings. The molecule has 164 valence electrons. The average Bonchev–Trinajstić information content (AvgIpc) is 2.66. The van der Waals surface area contributed by atoms with Crippen molar-refractivity contribution in [1.29, 1.82) is 0 Å². The van der Waals surface area contributed by atoms with E-state index in [9.17, 15) is 9.59 Å². The highest BCUT2D eigenvalue weighted by molar-refractivity contribution is 5.93. The molecule has 30 heavy (non-hydrogen) atoms. The highest BCUT2D eigenvalue weighted by atomic mass is 16.6. The quantitative estimate of drug-likeness (QED) is 0.450. The maximum absolute atomic E-state index is 11.9. The number of rotatable bonds is 6. The van der Waals surface area contributed by atoms with Crippen molar-refractivity contribution in [3.8, 4) is 0 Å². The third-order valence-electron chi connectivity index (χ3n) is 3.10. The molecule has 6 N–H and O–H groups in total. The van der Waals surface area contributed by atoms with Gasteiger partial charge in [-0.2, -0.15) is 0 Å². The molecule has 0 aliphatic carbocycles. The zero-order chi connectivity index (χ0) is 22.6. The number of carbonyl (C=O) groups is 2. The van der Waals surface area contributed by atoms with Gasteiger partial charge in [0.25, 0.3) is 0 Å². The molecule has 1 aromatic carbocycles. The maximum atomic E-state index is 11.9. The predicted octanol–water partition coefficient (Wildman–Crippen LogP) is 3.98. The largest absolute Gasteiger partial charge is 0.444 e. The minimum absolute atomic E-state index is 0.205. The van der Waals surface area contributed by atoms with E-state index in [0.717, 1.165) is 5.69 Å². The van der Waals surface area contributed by atoms with Crippen molar-refractivity contribution in [1.82, 2.24) is 10.3 Å². The second-order valence-electron chi connectivity index (χ2n) is 7.36. The highest BCUT2D eigenvalue weighted by Gasteiger charge is 2.16. The molecule has 9 heteroatoms. The Hall–Kier alpha value is -3.49. The number of amides is 2. The number of anilines is 4. The van der Waals surface area contributed by atoms with Gasteiger partial charge in [0.15, 0.2) is 5.82 Å². The van der Waals surface area contributed by atoms with E-state index in [0.29, 0.717) is 5.69 Å². The molecule has 0 aliphatic heterocycles. The fraction of sp³-hybridized carbons (Fsp3) is 0.381. The molecule has 0 radical (unpaired) electrons. The Bertz CT molecular complexity index is 806. The first kappa shape index (κ1) is 24.5. The summed E-state index contributed by atoms with van der Waals surface area (Å²) >= 11 is 0. The van der Waals surface area contributed by atoms with Gasteiger partial charge in [0.1, 0.15) is 18.0 Å². The van der Waals surface area contributed by atoms with E-state index in [1.54, 1.807) is 32.9 Å². The SMILES string of the molecule is CC(C)(C)OC(=O)NCC(=O)Nc1ccc(NNc2ccccc2)c(N)n1.CCC. The third-order valence-corrected chi connectivity index (χ3v) is 3.10.